The van der Waals surface area contributed by atoms with Crippen molar-refractivity contribution in [2.75, 3.05) is 5.32 Å². The Bertz CT molecular complexity index is 678. The van der Waals surface area contributed by atoms with Crippen molar-refractivity contribution < 1.29 is 19.1 Å². The van der Waals surface area contributed by atoms with Gasteiger partial charge in [-0.25, -0.2) is 9.18 Å². The highest BCUT2D eigenvalue weighted by molar-refractivity contribution is 6.09. The van der Waals surface area contributed by atoms with Gasteiger partial charge in [-0.3, -0.25) is 4.79 Å². The van der Waals surface area contributed by atoms with Crippen LogP contribution in [-0.2, 0) is 4.79 Å². The number of aliphatic carboxylic acids is 1. The third-order valence-corrected chi connectivity index (χ3v) is 2.69. The standard InChI is InChI=1S/C16H12FNO3/c17-12-6-8-13(9-7-12)18-14(16(20)21)10-15(19)11-4-2-1-3-5-11/h1-10,18H,(H,20,21). The molecule has 0 heterocycles. The van der Waals surface area contributed by atoms with E-state index in [1.165, 1.54) is 24.3 Å². The van der Waals surface area contributed by atoms with Gasteiger partial charge in [-0.05, 0) is 24.3 Å². The number of carboxylic acid groups (broad SMARTS) is 1. The number of allylic oxidation sites excluding steroid dienone is 1. The lowest BCUT2D eigenvalue weighted by atomic mass is 10.1. The van der Waals surface area contributed by atoms with E-state index in [0.717, 1.165) is 6.08 Å². The molecule has 2 aromatic rings. The first kappa shape index (κ1) is 14.5. The first-order valence-corrected chi connectivity index (χ1v) is 6.13. The van der Waals surface area contributed by atoms with E-state index >= 15 is 0 Å². The fourth-order valence-electron chi connectivity index (χ4n) is 1.66. The van der Waals surface area contributed by atoms with Gasteiger partial charge in [0.15, 0.2) is 5.78 Å². The lowest BCUT2D eigenvalue weighted by Crippen LogP contribution is -2.13. The zero-order chi connectivity index (χ0) is 15.2. The third kappa shape index (κ3) is 4.01. The van der Waals surface area contributed by atoms with Crippen LogP contribution in [0.3, 0.4) is 0 Å². The van der Waals surface area contributed by atoms with Crippen molar-refractivity contribution in [2.45, 2.75) is 0 Å². The first-order valence-electron chi connectivity index (χ1n) is 6.13. The number of hydrogen-bond donors (Lipinski definition) is 2. The summed E-state index contributed by atoms with van der Waals surface area (Å²) < 4.78 is 12.8. The van der Waals surface area contributed by atoms with Gasteiger partial charge >= 0.3 is 5.97 Å². The van der Waals surface area contributed by atoms with Crippen LogP contribution in [0, 0.1) is 5.82 Å². The topological polar surface area (TPSA) is 66.4 Å². The zero-order valence-electron chi connectivity index (χ0n) is 10.9. The number of rotatable bonds is 5. The molecule has 0 spiro atoms. The van der Waals surface area contributed by atoms with E-state index in [1.54, 1.807) is 30.3 Å². The highest BCUT2D eigenvalue weighted by atomic mass is 19.1. The van der Waals surface area contributed by atoms with Gasteiger partial charge in [-0.15, -0.1) is 0 Å². The molecule has 2 rings (SSSR count). The van der Waals surface area contributed by atoms with E-state index in [4.69, 9.17) is 5.11 Å². The molecule has 0 saturated carbocycles. The van der Waals surface area contributed by atoms with Crippen LogP contribution in [0.4, 0.5) is 10.1 Å². The molecule has 106 valence electrons. The van der Waals surface area contributed by atoms with Crippen LogP contribution in [0.5, 0.6) is 0 Å². The van der Waals surface area contributed by atoms with Crippen LogP contribution in [-0.4, -0.2) is 16.9 Å². The summed E-state index contributed by atoms with van der Waals surface area (Å²) in [6, 6.07) is 13.5. The Balaban J connectivity index is 2.22. The Morgan fingerprint density at radius 2 is 1.62 bits per heavy atom. The van der Waals surface area contributed by atoms with Gasteiger partial charge in [-0.1, -0.05) is 30.3 Å². The Hall–Kier alpha value is -2.95. The predicted molar refractivity (Wildman–Crippen MR) is 76.5 cm³/mol. The summed E-state index contributed by atoms with van der Waals surface area (Å²) >= 11 is 0. The molecule has 0 saturated heterocycles. The molecule has 0 aromatic heterocycles. The maximum atomic E-state index is 12.8. The van der Waals surface area contributed by atoms with Crippen LogP contribution in [0.15, 0.2) is 66.4 Å². The van der Waals surface area contributed by atoms with Crippen LogP contribution in [0.2, 0.25) is 0 Å². The number of hydrogen-bond acceptors (Lipinski definition) is 3. The number of carbonyl (C=O) groups is 2. The van der Waals surface area contributed by atoms with E-state index in [1.807, 2.05) is 0 Å². The van der Waals surface area contributed by atoms with Gasteiger partial charge < -0.3 is 10.4 Å². The summed E-state index contributed by atoms with van der Waals surface area (Å²) in [6.45, 7) is 0. The van der Waals surface area contributed by atoms with Crippen molar-refractivity contribution >= 4 is 17.4 Å². The highest BCUT2D eigenvalue weighted by Crippen LogP contribution is 2.12. The highest BCUT2D eigenvalue weighted by Gasteiger charge is 2.11. The average Bonchev–Trinajstić information content (AvgIpc) is 2.49. The van der Waals surface area contributed by atoms with Crippen molar-refractivity contribution in [3.8, 4) is 0 Å². The molecule has 0 radical (unpaired) electrons. The molecule has 0 unspecified atom stereocenters. The molecule has 2 N–H and O–H groups in total. The van der Waals surface area contributed by atoms with Crippen LogP contribution >= 0.6 is 0 Å². The van der Waals surface area contributed by atoms with Crippen LogP contribution in [0.1, 0.15) is 10.4 Å². The number of halogens is 1. The van der Waals surface area contributed by atoms with Crippen molar-refractivity contribution in [3.63, 3.8) is 0 Å². The molecule has 0 aliphatic rings. The summed E-state index contributed by atoms with van der Waals surface area (Å²) in [7, 11) is 0. The monoisotopic (exact) mass is 285 g/mol. The molecular formula is C16H12FNO3. The molecule has 0 aliphatic carbocycles. The second kappa shape index (κ2) is 6.47. The minimum absolute atomic E-state index is 0.282. The van der Waals surface area contributed by atoms with Crippen LogP contribution < -0.4 is 5.32 Å². The van der Waals surface area contributed by atoms with Crippen LogP contribution in [0.25, 0.3) is 0 Å². The summed E-state index contributed by atoms with van der Waals surface area (Å²) in [4.78, 5) is 23.1. The van der Waals surface area contributed by atoms with Crippen molar-refractivity contribution in [2.24, 2.45) is 0 Å². The Morgan fingerprint density at radius 3 is 2.19 bits per heavy atom. The average molecular weight is 285 g/mol. The Morgan fingerprint density at radius 1 is 1.00 bits per heavy atom. The smallest absolute Gasteiger partial charge is 0.352 e. The van der Waals surface area contributed by atoms with E-state index in [0.29, 0.717) is 11.3 Å². The van der Waals surface area contributed by atoms with E-state index in [-0.39, 0.29) is 5.70 Å². The quantitative estimate of drug-likeness (QED) is 0.654. The summed E-state index contributed by atoms with van der Waals surface area (Å²) in [5.74, 6) is -2.13. The third-order valence-electron chi connectivity index (χ3n) is 2.69. The van der Waals surface area contributed by atoms with Gasteiger partial charge in [-0.2, -0.15) is 0 Å². The van der Waals surface area contributed by atoms with Gasteiger partial charge in [0.05, 0.1) is 0 Å². The molecule has 5 heteroatoms. The fourth-order valence-corrected chi connectivity index (χ4v) is 1.66. The number of anilines is 1. The molecule has 0 atom stereocenters. The van der Waals surface area contributed by atoms with E-state index < -0.39 is 17.6 Å². The van der Waals surface area contributed by atoms with Gasteiger partial charge in [0.1, 0.15) is 11.5 Å². The lowest BCUT2D eigenvalue weighted by Gasteiger charge is -2.07. The number of carbonyl (C=O) groups excluding carboxylic acids is 1. The van der Waals surface area contributed by atoms with Gasteiger partial charge in [0, 0.05) is 17.3 Å². The fraction of sp³-hybridized carbons (Fsp3) is 0. The van der Waals surface area contributed by atoms with E-state index in [2.05, 4.69) is 5.32 Å². The SMILES string of the molecule is O=C(O)C(=CC(=O)c1ccccc1)Nc1ccc(F)cc1. The molecule has 2 aromatic carbocycles. The predicted octanol–water partition coefficient (Wildman–Crippen LogP) is 3.09. The summed E-state index contributed by atoms with van der Waals surface area (Å²) in [5.41, 5.74) is 0.485. The summed E-state index contributed by atoms with van der Waals surface area (Å²) in [5, 5.41) is 11.7. The maximum Gasteiger partial charge on any atom is 0.352 e. The molecule has 0 fully saturated rings. The van der Waals surface area contributed by atoms with Crippen molar-refractivity contribution in [3.05, 3.63) is 77.8 Å². The second-order valence-electron chi connectivity index (χ2n) is 4.23. The molecule has 0 aliphatic heterocycles. The van der Waals surface area contributed by atoms with Gasteiger partial charge in [0.25, 0.3) is 0 Å². The molecule has 0 amide bonds. The second-order valence-corrected chi connectivity index (χ2v) is 4.23. The maximum absolute atomic E-state index is 12.8. The Kier molecular flexibility index (Phi) is 4.46. The normalized spacial score (nSPS) is 11.0. The van der Waals surface area contributed by atoms with Crippen molar-refractivity contribution in [1.29, 1.82) is 0 Å². The largest absolute Gasteiger partial charge is 0.477 e. The van der Waals surface area contributed by atoms with Gasteiger partial charge in [0.2, 0.25) is 0 Å². The minimum Gasteiger partial charge on any atom is -0.477 e. The Labute approximate surface area is 120 Å². The minimum atomic E-state index is -1.27. The number of carboxylic acids is 1. The van der Waals surface area contributed by atoms with Crippen molar-refractivity contribution in [1.82, 2.24) is 0 Å². The number of benzene rings is 2. The lowest BCUT2D eigenvalue weighted by molar-refractivity contribution is -0.132. The molecule has 0 bridgehead atoms. The summed E-state index contributed by atoms with van der Waals surface area (Å²) in [6.07, 6.45) is 1.00. The number of nitrogens with one attached hydrogen (secondary N) is 1. The first-order chi connectivity index (χ1) is 10.1. The molecular weight excluding hydrogens is 273 g/mol. The number of ketones is 1. The molecule has 21 heavy (non-hydrogen) atoms. The molecule has 4 nitrogen and oxygen atoms in total. The zero-order valence-corrected chi connectivity index (χ0v) is 10.9. The van der Waals surface area contributed by atoms with E-state index in [9.17, 15) is 14.0 Å².